The molecule has 0 radical (unpaired) electrons. The van der Waals surface area contributed by atoms with E-state index in [1.807, 2.05) is 0 Å². The molecule has 1 rings (SSSR count). The number of benzene rings is 1. The molecule has 0 fully saturated rings. The average molecular weight is 205 g/mol. The predicted molar refractivity (Wildman–Crippen MR) is 68.4 cm³/mol. The first-order valence-corrected chi connectivity index (χ1v) is 6.02. The molecule has 1 N–H and O–H groups in total. The first-order valence-electron chi connectivity index (χ1n) is 6.02. The fourth-order valence-corrected chi connectivity index (χ4v) is 1.84. The molecular formula is C14H23N. The first-order chi connectivity index (χ1) is 7.17. The Balaban J connectivity index is 2.70. The summed E-state index contributed by atoms with van der Waals surface area (Å²) in [6.07, 6.45) is 2.28. The lowest BCUT2D eigenvalue weighted by Gasteiger charge is -2.22. The molecule has 15 heavy (non-hydrogen) atoms. The van der Waals surface area contributed by atoms with Crippen LogP contribution in [0.1, 0.15) is 39.7 Å². The van der Waals surface area contributed by atoms with Crippen molar-refractivity contribution in [3.8, 4) is 0 Å². The molecule has 0 aliphatic carbocycles. The van der Waals surface area contributed by atoms with E-state index in [1.54, 1.807) is 0 Å². The van der Waals surface area contributed by atoms with Crippen LogP contribution in [-0.2, 0) is 6.42 Å². The maximum atomic E-state index is 3.60. The van der Waals surface area contributed by atoms with Crippen molar-refractivity contribution >= 4 is 5.69 Å². The van der Waals surface area contributed by atoms with Gasteiger partial charge < -0.3 is 5.32 Å². The normalized spacial score (nSPS) is 12.9. The van der Waals surface area contributed by atoms with Crippen LogP contribution >= 0.6 is 0 Å². The minimum Gasteiger partial charge on any atom is -0.382 e. The van der Waals surface area contributed by atoms with Crippen molar-refractivity contribution in [2.75, 3.05) is 5.32 Å². The molecule has 0 bridgehead atoms. The lowest BCUT2D eigenvalue weighted by Crippen LogP contribution is -2.24. The highest BCUT2D eigenvalue weighted by atomic mass is 14.9. The topological polar surface area (TPSA) is 12.0 Å². The molecule has 0 aliphatic heterocycles. The Bertz CT molecular complexity index is 291. The average Bonchev–Trinajstić information content (AvgIpc) is 2.25. The summed E-state index contributed by atoms with van der Waals surface area (Å²) in [6.45, 7) is 8.97. The van der Waals surface area contributed by atoms with Crippen LogP contribution in [0, 0.1) is 5.92 Å². The van der Waals surface area contributed by atoms with E-state index >= 15 is 0 Å². The summed E-state index contributed by atoms with van der Waals surface area (Å²) in [7, 11) is 0. The van der Waals surface area contributed by atoms with Crippen LogP contribution in [0.3, 0.4) is 0 Å². The third-order valence-electron chi connectivity index (χ3n) is 2.93. The second-order valence-electron chi connectivity index (χ2n) is 4.46. The Labute approximate surface area is 93.9 Å². The third kappa shape index (κ3) is 3.58. The summed E-state index contributed by atoms with van der Waals surface area (Å²) in [6, 6.07) is 9.31. The highest BCUT2D eigenvalue weighted by Crippen LogP contribution is 2.16. The predicted octanol–water partition coefficient (Wildman–Crippen LogP) is 4.10. The zero-order chi connectivity index (χ0) is 11.3. The van der Waals surface area contributed by atoms with Gasteiger partial charge in [0, 0.05) is 11.7 Å². The van der Waals surface area contributed by atoms with Crippen LogP contribution in [-0.4, -0.2) is 6.04 Å². The first kappa shape index (κ1) is 12.1. The smallest absolute Gasteiger partial charge is 0.0345 e. The molecule has 0 spiro atoms. The van der Waals surface area contributed by atoms with Crippen LogP contribution in [0.4, 0.5) is 5.69 Å². The molecule has 1 heteroatoms. The van der Waals surface area contributed by atoms with Gasteiger partial charge in [0.1, 0.15) is 0 Å². The van der Waals surface area contributed by atoms with E-state index in [2.05, 4.69) is 57.3 Å². The molecule has 84 valence electrons. The van der Waals surface area contributed by atoms with Crippen molar-refractivity contribution in [2.24, 2.45) is 5.92 Å². The van der Waals surface area contributed by atoms with Gasteiger partial charge in [-0.2, -0.15) is 0 Å². The number of hydrogen-bond donors (Lipinski definition) is 1. The maximum Gasteiger partial charge on any atom is 0.0345 e. The van der Waals surface area contributed by atoms with Gasteiger partial charge in [0.25, 0.3) is 0 Å². The zero-order valence-corrected chi connectivity index (χ0v) is 10.4. The number of nitrogens with one attached hydrogen (secondary N) is 1. The quantitative estimate of drug-likeness (QED) is 0.763. The standard InChI is InChI=1S/C14H23N/c1-5-12-8-7-9-13(10-12)15-14(6-2)11(3)4/h7-11,14-15H,5-6H2,1-4H3. The highest BCUT2D eigenvalue weighted by molar-refractivity contribution is 5.46. The van der Waals surface area contributed by atoms with Crippen molar-refractivity contribution in [3.63, 3.8) is 0 Å². The van der Waals surface area contributed by atoms with Gasteiger partial charge in [-0.1, -0.05) is 39.8 Å². The Kier molecular flexibility index (Phi) is 4.67. The van der Waals surface area contributed by atoms with Gasteiger partial charge in [-0.25, -0.2) is 0 Å². The minimum atomic E-state index is 0.581. The van der Waals surface area contributed by atoms with E-state index in [1.165, 1.54) is 17.7 Å². The lowest BCUT2D eigenvalue weighted by atomic mass is 10.0. The summed E-state index contributed by atoms with van der Waals surface area (Å²) < 4.78 is 0. The number of aryl methyl sites for hydroxylation is 1. The largest absolute Gasteiger partial charge is 0.382 e. The third-order valence-corrected chi connectivity index (χ3v) is 2.93. The van der Waals surface area contributed by atoms with Crippen molar-refractivity contribution < 1.29 is 0 Å². The summed E-state index contributed by atoms with van der Waals surface area (Å²) in [4.78, 5) is 0. The molecule has 1 atom stereocenters. The molecule has 1 unspecified atom stereocenters. The Morgan fingerprint density at radius 2 is 1.93 bits per heavy atom. The fourth-order valence-electron chi connectivity index (χ4n) is 1.84. The molecule has 0 amide bonds. The van der Waals surface area contributed by atoms with Crippen molar-refractivity contribution in [2.45, 2.75) is 46.6 Å². The van der Waals surface area contributed by atoms with Crippen LogP contribution in [0.25, 0.3) is 0 Å². The molecule has 0 saturated heterocycles. The molecular weight excluding hydrogens is 182 g/mol. The zero-order valence-electron chi connectivity index (χ0n) is 10.4. The van der Waals surface area contributed by atoms with Gasteiger partial charge in [-0.3, -0.25) is 0 Å². The lowest BCUT2D eigenvalue weighted by molar-refractivity contribution is 0.511. The Morgan fingerprint density at radius 3 is 2.47 bits per heavy atom. The van der Waals surface area contributed by atoms with E-state index < -0.39 is 0 Å². The van der Waals surface area contributed by atoms with E-state index in [4.69, 9.17) is 0 Å². The monoisotopic (exact) mass is 205 g/mol. The molecule has 1 nitrogen and oxygen atoms in total. The second kappa shape index (κ2) is 5.79. The summed E-state index contributed by atoms with van der Waals surface area (Å²) in [5, 5.41) is 3.60. The van der Waals surface area contributed by atoms with E-state index in [9.17, 15) is 0 Å². The van der Waals surface area contributed by atoms with Gasteiger partial charge in [0.15, 0.2) is 0 Å². The number of rotatable bonds is 5. The van der Waals surface area contributed by atoms with E-state index in [0.717, 1.165) is 6.42 Å². The van der Waals surface area contributed by atoms with E-state index in [0.29, 0.717) is 12.0 Å². The number of hydrogen-bond acceptors (Lipinski definition) is 1. The summed E-state index contributed by atoms with van der Waals surface area (Å²) in [5.74, 6) is 0.681. The van der Waals surface area contributed by atoms with Gasteiger partial charge in [-0.15, -0.1) is 0 Å². The molecule has 0 heterocycles. The van der Waals surface area contributed by atoms with E-state index in [-0.39, 0.29) is 0 Å². The molecule has 0 aromatic heterocycles. The van der Waals surface area contributed by atoms with Crippen molar-refractivity contribution in [1.29, 1.82) is 0 Å². The van der Waals surface area contributed by atoms with Crippen molar-refractivity contribution in [3.05, 3.63) is 29.8 Å². The van der Waals surface area contributed by atoms with Gasteiger partial charge in [0.05, 0.1) is 0 Å². The van der Waals surface area contributed by atoms with Crippen molar-refractivity contribution in [1.82, 2.24) is 0 Å². The molecule has 1 aromatic rings. The Morgan fingerprint density at radius 1 is 1.20 bits per heavy atom. The fraction of sp³-hybridized carbons (Fsp3) is 0.571. The minimum absolute atomic E-state index is 0.581. The molecule has 0 aliphatic rings. The Hall–Kier alpha value is -0.980. The van der Waals surface area contributed by atoms with Gasteiger partial charge >= 0.3 is 0 Å². The highest BCUT2D eigenvalue weighted by Gasteiger charge is 2.10. The van der Waals surface area contributed by atoms with Gasteiger partial charge in [-0.05, 0) is 36.5 Å². The number of anilines is 1. The molecule has 1 aromatic carbocycles. The van der Waals surface area contributed by atoms with Crippen LogP contribution < -0.4 is 5.32 Å². The summed E-state index contributed by atoms with van der Waals surface area (Å²) >= 11 is 0. The van der Waals surface area contributed by atoms with Gasteiger partial charge in [0.2, 0.25) is 0 Å². The maximum absolute atomic E-state index is 3.60. The van der Waals surface area contributed by atoms with Crippen LogP contribution in [0.5, 0.6) is 0 Å². The SMILES string of the molecule is CCc1cccc(NC(CC)C(C)C)c1. The summed E-state index contributed by atoms with van der Waals surface area (Å²) in [5.41, 5.74) is 2.66. The molecule has 0 saturated carbocycles. The second-order valence-corrected chi connectivity index (χ2v) is 4.46. The van der Waals surface area contributed by atoms with Crippen LogP contribution in [0.15, 0.2) is 24.3 Å². The van der Waals surface area contributed by atoms with Crippen LogP contribution in [0.2, 0.25) is 0 Å².